The molecule has 0 atom stereocenters. The van der Waals surface area contributed by atoms with Gasteiger partial charge in [0.25, 0.3) is 11.8 Å². The molecule has 9 nitrogen and oxygen atoms in total. The molecule has 12 heteroatoms. The Bertz CT molecular complexity index is 1470. The molecule has 1 saturated carbocycles. The van der Waals surface area contributed by atoms with Crippen LogP contribution < -0.4 is 14.5 Å². The Balaban J connectivity index is 1.14. The summed E-state index contributed by atoms with van der Waals surface area (Å²) in [7, 11) is 0. The molecule has 0 bridgehead atoms. The minimum atomic E-state index is -4.85. The molecule has 1 aromatic heterocycles. The van der Waals surface area contributed by atoms with Gasteiger partial charge in [0.2, 0.25) is 0 Å². The Morgan fingerprint density at radius 3 is 2.22 bits per heavy atom. The van der Waals surface area contributed by atoms with Crippen LogP contribution in [0.1, 0.15) is 28.9 Å². The van der Waals surface area contributed by atoms with E-state index in [1.54, 1.807) is 17.0 Å². The van der Waals surface area contributed by atoms with Crippen molar-refractivity contribution in [2.45, 2.75) is 31.3 Å². The number of ether oxygens (including phenoxy) is 1. The van der Waals surface area contributed by atoms with Crippen LogP contribution >= 0.6 is 0 Å². The summed E-state index contributed by atoms with van der Waals surface area (Å²) in [5, 5.41) is 0. The molecule has 212 valence electrons. The third-order valence-electron chi connectivity index (χ3n) is 7.66. The summed E-state index contributed by atoms with van der Waals surface area (Å²) in [6, 6.07) is 17.4. The molecular formula is C29H26F3N5O4. The second-order valence-electron chi connectivity index (χ2n) is 10.2. The minimum absolute atomic E-state index is 0.0843. The fourth-order valence-corrected chi connectivity index (χ4v) is 5.40. The number of amides is 4. The fourth-order valence-electron chi connectivity index (χ4n) is 5.40. The van der Waals surface area contributed by atoms with E-state index in [0.717, 1.165) is 22.7 Å². The number of alkyl halides is 3. The van der Waals surface area contributed by atoms with E-state index in [0.29, 0.717) is 44.6 Å². The van der Waals surface area contributed by atoms with Gasteiger partial charge in [-0.05, 0) is 66.9 Å². The summed E-state index contributed by atoms with van der Waals surface area (Å²) < 4.78 is 41.5. The van der Waals surface area contributed by atoms with E-state index in [1.165, 1.54) is 23.2 Å². The second kappa shape index (κ2) is 10.1. The topological polar surface area (TPSA) is 86.3 Å². The van der Waals surface area contributed by atoms with Gasteiger partial charge in [0.05, 0.1) is 5.69 Å². The molecule has 3 fully saturated rings. The number of para-hydroxylation sites is 1. The van der Waals surface area contributed by atoms with Gasteiger partial charge in [0.15, 0.2) is 0 Å². The molecule has 6 rings (SSSR count). The molecule has 0 radical (unpaired) electrons. The number of carbonyl (C=O) groups excluding carboxylic acids is 3. The predicted molar refractivity (Wildman–Crippen MR) is 142 cm³/mol. The van der Waals surface area contributed by atoms with Gasteiger partial charge in [0.1, 0.15) is 17.0 Å². The highest BCUT2D eigenvalue weighted by molar-refractivity contribution is 6.24. The van der Waals surface area contributed by atoms with Crippen LogP contribution in [0.15, 0.2) is 72.9 Å². The molecule has 1 aliphatic carbocycles. The average Bonchev–Trinajstić information content (AvgIpc) is 3.75. The van der Waals surface area contributed by atoms with Crippen molar-refractivity contribution in [3.05, 3.63) is 84.2 Å². The quantitative estimate of drug-likeness (QED) is 0.411. The molecule has 3 aromatic rings. The summed E-state index contributed by atoms with van der Waals surface area (Å²) in [5.74, 6) is -1.07. The molecule has 0 N–H and O–H groups in total. The number of aromatic nitrogens is 1. The zero-order valence-electron chi connectivity index (χ0n) is 21.9. The first-order valence-corrected chi connectivity index (χ1v) is 13.2. The minimum Gasteiger partial charge on any atom is -0.406 e. The van der Waals surface area contributed by atoms with E-state index in [1.807, 2.05) is 30.3 Å². The molecule has 0 unspecified atom stereocenters. The summed E-state index contributed by atoms with van der Waals surface area (Å²) in [6.07, 6.45) is -2.38. The lowest BCUT2D eigenvalue weighted by Gasteiger charge is -2.36. The van der Waals surface area contributed by atoms with Crippen LogP contribution in [0.5, 0.6) is 5.75 Å². The van der Waals surface area contributed by atoms with E-state index in [4.69, 9.17) is 0 Å². The third kappa shape index (κ3) is 5.17. The number of halogens is 3. The van der Waals surface area contributed by atoms with E-state index in [-0.39, 0.29) is 23.8 Å². The molecule has 3 heterocycles. The van der Waals surface area contributed by atoms with Crippen LogP contribution in [0.3, 0.4) is 0 Å². The van der Waals surface area contributed by atoms with Crippen molar-refractivity contribution in [3.63, 3.8) is 0 Å². The summed E-state index contributed by atoms with van der Waals surface area (Å²) in [5.41, 5.74) is 1.17. The zero-order chi connectivity index (χ0) is 28.8. The lowest BCUT2D eigenvalue weighted by atomic mass is 10.1. The first kappa shape index (κ1) is 26.6. The van der Waals surface area contributed by atoms with Gasteiger partial charge in [-0.1, -0.05) is 18.2 Å². The van der Waals surface area contributed by atoms with Gasteiger partial charge in [-0.25, -0.2) is 9.69 Å². The maximum Gasteiger partial charge on any atom is 0.573 e. The van der Waals surface area contributed by atoms with Gasteiger partial charge < -0.3 is 19.4 Å². The van der Waals surface area contributed by atoms with Crippen molar-refractivity contribution < 1.29 is 32.3 Å². The maximum absolute atomic E-state index is 13.4. The largest absolute Gasteiger partial charge is 0.573 e. The highest BCUT2D eigenvalue weighted by atomic mass is 19.4. The Hall–Kier alpha value is -4.61. The van der Waals surface area contributed by atoms with E-state index < -0.39 is 29.6 Å². The number of carbonyl (C=O) groups is 3. The second-order valence-corrected chi connectivity index (χ2v) is 10.2. The molecule has 1 spiro atoms. The molecule has 2 aromatic carbocycles. The molecule has 4 amide bonds. The molecule has 2 aliphatic heterocycles. The Morgan fingerprint density at radius 1 is 0.902 bits per heavy atom. The fraction of sp³-hybridized carbons (Fsp3) is 0.310. The van der Waals surface area contributed by atoms with Crippen LogP contribution in [-0.2, 0) is 11.3 Å². The number of anilines is 2. The highest BCUT2D eigenvalue weighted by Gasteiger charge is 2.65. The Morgan fingerprint density at radius 2 is 1.59 bits per heavy atom. The molecule has 3 aliphatic rings. The standard InChI is InChI=1S/C29H26F3N5O4/c30-29(31,32)41-23-8-6-22(7-9-23)37-26(39)28(11-12-28)36(27(37)40)19-20-10-13-33-24(18-20)25(38)35-16-14-34(15-17-35)21-4-2-1-3-5-21/h1-10,13,18H,11-12,14-17,19H2. The number of nitrogens with zero attached hydrogens (tertiary/aromatic N) is 5. The molecule has 2 saturated heterocycles. The van der Waals surface area contributed by atoms with Gasteiger partial charge in [-0.3, -0.25) is 14.6 Å². The highest BCUT2D eigenvalue weighted by Crippen LogP contribution is 2.49. The number of urea groups is 1. The maximum atomic E-state index is 13.4. The number of hydrogen-bond acceptors (Lipinski definition) is 6. The van der Waals surface area contributed by atoms with Crippen LogP contribution in [-0.4, -0.2) is 70.7 Å². The van der Waals surface area contributed by atoms with Gasteiger partial charge in [-0.15, -0.1) is 13.2 Å². The molecular weight excluding hydrogens is 539 g/mol. The van der Waals surface area contributed by atoms with Crippen LogP contribution in [0, 0.1) is 0 Å². The summed E-state index contributed by atoms with van der Waals surface area (Å²) in [6.45, 7) is 2.57. The van der Waals surface area contributed by atoms with E-state index in [2.05, 4.69) is 14.6 Å². The number of imide groups is 1. The SMILES string of the molecule is O=C(c1cc(CN2C(=O)N(c3ccc(OC(F)(F)F)cc3)C(=O)C23CC3)ccn1)N1CCN(c2ccccc2)CC1. The number of benzene rings is 2. The van der Waals surface area contributed by atoms with Crippen molar-refractivity contribution in [1.82, 2.24) is 14.8 Å². The van der Waals surface area contributed by atoms with Gasteiger partial charge >= 0.3 is 12.4 Å². The number of hydrogen-bond donors (Lipinski definition) is 0. The zero-order valence-corrected chi connectivity index (χ0v) is 21.9. The third-order valence-corrected chi connectivity index (χ3v) is 7.66. The van der Waals surface area contributed by atoms with Gasteiger partial charge in [0, 0.05) is 44.6 Å². The van der Waals surface area contributed by atoms with Crippen LogP contribution in [0.25, 0.3) is 0 Å². The lowest BCUT2D eigenvalue weighted by molar-refractivity contribution is -0.274. The first-order chi connectivity index (χ1) is 19.6. The Kier molecular flexibility index (Phi) is 6.55. The summed E-state index contributed by atoms with van der Waals surface area (Å²) in [4.78, 5) is 50.7. The monoisotopic (exact) mass is 565 g/mol. The smallest absolute Gasteiger partial charge is 0.406 e. The van der Waals surface area contributed by atoms with E-state index >= 15 is 0 Å². The average molecular weight is 566 g/mol. The van der Waals surface area contributed by atoms with Crippen LogP contribution in [0.2, 0.25) is 0 Å². The van der Waals surface area contributed by atoms with Crippen molar-refractivity contribution in [1.29, 1.82) is 0 Å². The van der Waals surface area contributed by atoms with Crippen molar-refractivity contribution in [2.75, 3.05) is 36.0 Å². The summed E-state index contributed by atoms with van der Waals surface area (Å²) >= 11 is 0. The number of piperazine rings is 1. The number of pyridine rings is 1. The Labute approximate surface area is 233 Å². The van der Waals surface area contributed by atoms with Crippen molar-refractivity contribution in [2.24, 2.45) is 0 Å². The van der Waals surface area contributed by atoms with Gasteiger partial charge in [-0.2, -0.15) is 0 Å². The van der Waals surface area contributed by atoms with Crippen molar-refractivity contribution >= 4 is 29.2 Å². The lowest BCUT2D eigenvalue weighted by Crippen LogP contribution is -2.49. The van der Waals surface area contributed by atoms with E-state index in [9.17, 15) is 27.6 Å². The van der Waals surface area contributed by atoms with Crippen LogP contribution in [0.4, 0.5) is 29.3 Å². The predicted octanol–water partition coefficient (Wildman–Crippen LogP) is 4.44. The molecule has 41 heavy (non-hydrogen) atoms. The first-order valence-electron chi connectivity index (χ1n) is 13.2. The number of rotatable bonds is 6. The van der Waals surface area contributed by atoms with Crippen molar-refractivity contribution in [3.8, 4) is 5.75 Å². The normalized spacial score (nSPS) is 18.3.